The van der Waals surface area contributed by atoms with E-state index in [9.17, 15) is 5.11 Å². The van der Waals surface area contributed by atoms with Gasteiger partial charge in [0.15, 0.2) is 0 Å². The van der Waals surface area contributed by atoms with Crippen molar-refractivity contribution in [2.75, 3.05) is 13.1 Å². The standard InChI is InChI=1S/C16H32N2O/c1-11(2)17-9-14-5-13(6-14)4-12(3)18-10-15-7-16(19)8-15/h11-19H,4-10H2,1-3H3. The lowest BCUT2D eigenvalue weighted by atomic mass is 9.72. The van der Waals surface area contributed by atoms with Crippen molar-refractivity contribution in [1.29, 1.82) is 0 Å². The fourth-order valence-corrected chi connectivity index (χ4v) is 3.45. The summed E-state index contributed by atoms with van der Waals surface area (Å²) in [6.45, 7) is 9.06. The van der Waals surface area contributed by atoms with Crippen molar-refractivity contribution in [2.24, 2.45) is 17.8 Å². The zero-order chi connectivity index (χ0) is 13.8. The highest BCUT2D eigenvalue weighted by Gasteiger charge is 2.31. The number of hydrogen-bond acceptors (Lipinski definition) is 3. The smallest absolute Gasteiger partial charge is 0.0546 e. The molecule has 3 heteroatoms. The van der Waals surface area contributed by atoms with Crippen LogP contribution in [0.2, 0.25) is 0 Å². The lowest BCUT2D eigenvalue weighted by Crippen LogP contribution is -2.42. The molecule has 2 rings (SSSR count). The second-order valence-corrected chi connectivity index (χ2v) is 7.30. The first-order valence-corrected chi connectivity index (χ1v) is 8.17. The van der Waals surface area contributed by atoms with Crippen molar-refractivity contribution in [3.63, 3.8) is 0 Å². The monoisotopic (exact) mass is 268 g/mol. The summed E-state index contributed by atoms with van der Waals surface area (Å²) in [5.74, 6) is 2.58. The van der Waals surface area contributed by atoms with E-state index in [1.54, 1.807) is 0 Å². The third-order valence-electron chi connectivity index (χ3n) is 4.80. The summed E-state index contributed by atoms with van der Waals surface area (Å²) in [7, 11) is 0. The molecule has 1 atom stereocenters. The van der Waals surface area contributed by atoms with E-state index < -0.39 is 0 Å². The number of aliphatic hydroxyl groups is 1. The first kappa shape index (κ1) is 15.3. The predicted molar refractivity (Wildman–Crippen MR) is 80.2 cm³/mol. The average Bonchev–Trinajstić information content (AvgIpc) is 2.25. The second-order valence-electron chi connectivity index (χ2n) is 7.30. The van der Waals surface area contributed by atoms with Crippen LogP contribution in [0, 0.1) is 17.8 Å². The number of rotatable bonds is 8. The molecule has 0 heterocycles. The fraction of sp³-hybridized carbons (Fsp3) is 1.00. The number of hydrogen-bond donors (Lipinski definition) is 3. The van der Waals surface area contributed by atoms with Gasteiger partial charge in [-0.05, 0) is 69.9 Å². The molecule has 19 heavy (non-hydrogen) atoms. The number of nitrogens with one attached hydrogen (secondary N) is 2. The van der Waals surface area contributed by atoms with Gasteiger partial charge in [0.1, 0.15) is 0 Å². The Kier molecular flexibility index (Phi) is 5.67. The van der Waals surface area contributed by atoms with E-state index in [2.05, 4.69) is 31.4 Å². The summed E-state index contributed by atoms with van der Waals surface area (Å²) in [6, 6.07) is 1.26. The fourth-order valence-electron chi connectivity index (χ4n) is 3.45. The largest absolute Gasteiger partial charge is 0.393 e. The molecule has 0 aromatic heterocycles. The summed E-state index contributed by atoms with van der Waals surface area (Å²) in [6.07, 6.45) is 6.15. The van der Waals surface area contributed by atoms with Gasteiger partial charge in [0.05, 0.1) is 6.10 Å². The molecule has 3 nitrogen and oxygen atoms in total. The van der Waals surface area contributed by atoms with Crippen LogP contribution < -0.4 is 10.6 Å². The van der Waals surface area contributed by atoms with Crippen molar-refractivity contribution in [2.45, 2.75) is 71.1 Å². The SMILES string of the molecule is CC(C)NCC1CC(CC(C)NCC2CC(O)C2)C1. The second kappa shape index (κ2) is 7.05. The number of aliphatic hydroxyl groups excluding tert-OH is 1. The van der Waals surface area contributed by atoms with Crippen molar-refractivity contribution in [3.8, 4) is 0 Å². The van der Waals surface area contributed by atoms with Crippen molar-refractivity contribution >= 4 is 0 Å². The van der Waals surface area contributed by atoms with Gasteiger partial charge in [0.25, 0.3) is 0 Å². The molecule has 2 fully saturated rings. The third kappa shape index (κ3) is 5.05. The Bertz CT molecular complexity index is 257. The minimum Gasteiger partial charge on any atom is -0.393 e. The van der Waals surface area contributed by atoms with E-state index in [1.807, 2.05) is 0 Å². The molecule has 0 aromatic carbocycles. The highest BCUT2D eigenvalue weighted by Crippen LogP contribution is 2.36. The highest BCUT2D eigenvalue weighted by molar-refractivity contribution is 4.85. The minimum absolute atomic E-state index is 0.0112. The molecule has 0 amide bonds. The predicted octanol–water partition coefficient (Wildman–Crippen LogP) is 2.15. The third-order valence-corrected chi connectivity index (χ3v) is 4.80. The minimum atomic E-state index is -0.0112. The summed E-state index contributed by atoms with van der Waals surface area (Å²) >= 11 is 0. The lowest BCUT2D eigenvalue weighted by Gasteiger charge is -2.38. The Hall–Kier alpha value is -0.120. The van der Waals surface area contributed by atoms with Gasteiger partial charge in [-0.2, -0.15) is 0 Å². The topological polar surface area (TPSA) is 44.3 Å². The quantitative estimate of drug-likeness (QED) is 0.632. The highest BCUT2D eigenvalue weighted by atomic mass is 16.3. The summed E-state index contributed by atoms with van der Waals surface area (Å²) in [5, 5.41) is 16.4. The average molecular weight is 268 g/mol. The molecule has 0 bridgehead atoms. The van der Waals surface area contributed by atoms with E-state index in [-0.39, 0.29) is 6.10 Å². The van der Waals surface area contributed by atoms with Crippen LogP contribution in [0.25, 0.3) is 0 Å². The summed E-state index contributed by atoms with van der Waals surface area (Å²) in [5.41, 5.74) is 0. The van der Waals surface area contributed by atoms with Crippen LogP contribution in [0.4, 0.5) is 0 Å². The van der Waals surface area contributed by atoms with Crippen LogP contribution in [0.3, 0.4) is 0 Å². The molecule has 0 radical (unpaired) electrons. The van der Waals surface area contributed by atoms with Crippen LogP contribution in [0.15, 0.2) is 0 Å². The lowest BCUT2D eigenvalue weighted by molar-refractivity contribution is 0.0411. The molecule has 0 saturated heterocycles. The van der Waals surface area contributed by atoms with E-state index in [1.165, 1.54) is 25.8 Å². The summed E-state index contributed by atoms with van der Waals surface area (Å²) in [4.78, 5) is 0. The Labute approximate surface area is 118 Å². The Morgan fingerprint density at radius 2 is 1.47 bits per heavy atom. The molecular formula is C16H32N2O. The molecule has 2 saturated carbocycles. The molecule has 112 valence electrons. The van der Waals surface area contributed by atoms with E-state index >= 15 is 0 Å². The van der Waals surface area contributed by atoms with Crippen LogP contribution in [0.1, 0.15) is 52.9 Å². The molecule has 2 aliphatic rings. The zero-order valence-corrected chi connectivity index (χ0v) is 12.9. The molecular weight excluding hydrogens is 236 g/mol. The van der Waals surface area contributed by atoms with Gasteiger partial charge >= 0.3 is 0 Å². The van der Waals surface area contributed by atoms with Crippen molar-refractivity contribution < 1.29 is 5.11 Å². The molecule has 0 aromatic rings. The van der Waals surface area contributed by atoms with Crippen molar-refractivity contribution in [1.82, 2.24) is 10.6 Å². The van der Waals surface area contributed by atoms with E-state index in [4.69, 9.17) is 0 Å². The first-order chi connectivity index (χ1) is 9.02. The van der Waals surface area contributed by atoms with Gasteiger partial charge in [-0.1, -0.05) is 13.8 Å². The molecule has 3 N–H and O–H groups in total. The zero-order valence-electron chi connectivity index (χ0n) is 12.9. The van der Waals surface area contributed by atoms with Gasteiger partial charge in [0.2, 0.25) is 0 Å². The van der Waals surface area contributed by atoms with Gasteiger partial charge in [-0.25, -0.2) is 0 Å². The van der Waals surface area contributed by atoms with E-state index in [0.29, 0.717) is 12.1 Å². The molecule has 2 aliphatic carbocycles. The van der Waals surface area contributed by atoms with E-state index in [0.717, 1.165) is 37.1 Å². The normalized spacial score (nSPS) is 35.8. The Balaban J connectivity index is 1.47. The molecule has 1 unspecified atom stereocenters. The Morgan fingerprint density at radius 3 is 2.05 bits per heavy atom. The maximum Gasteiger partial charge on any atom is 0.0546 e. The van der Waals surface area contributed by atoms with Crippen LogP contribution in [-0.4, -0.2) is 36.4 Å². The first-order valence-electron chi connectivity index (χ1n) is 8.17. The maximum atomic E-state index is 9.26. The molecule has 0 spiro atoms. The molecule has 0 aliphatic heterocycles. The van der Waals surface area contributed by atoms with Crippen LogP contribution in [-0.2, 0) is 0 Å². The van der Waals surface area contributed by atoms with Crippen LogP contribution in [0.5, 0.6) is 0 Å². The summed E-state index contributed by atoms with van der Waals surface area (Å²) < 4.78 is 0. The van der Waals surface area contributed by atoms with Gasteiger partial charge in [-0.15, -0.1) is 0 Å². The van der Waals surface area contributed by atoms with Crippen molar-refractivity contribution in [3.05, 3.63) is 0 Å². The van der Waals surface area contributed by atoms with Gasteiger partial charge < -0.3 is 15.7 Å². The van der Waals surface area contributed by atoms with Gasteiger partial charge in [0, 0.05) is 12.1 Å². The van der Waals surface area contributed by atoms with Crippen LogP contribution >= 0.6 is 0 Å². The maximum absolute atomic E-state index is 9.26. The Morgan fingerprint density at radius 1 is 0.895 bits per heavy atom. The van der Waals surface area contributed by atoms with Gasteiger partial charge in [-0.3, -0.25) is 0 Å².